The summed E-state index contributed by atoms with van der Waals surface area (Å²) in [6, 6.07) is 20.9. The van der Waals surface area contributed by atoms with Crippen LogP contribution in [0.1, 0.15) is 42.1 Å². The molecule has 1 saturated heterocycles. The third-order valence-electron chi connectivity index (χ3n) is 8.09. The lowest BCUT2D eigenvalue weighted by Gasteiger charge is -2.55. The topological polar surface area (TPSA) is 78.9 Å². The van der Waals surface area contributed by atoms with Crippen LogP contribution in [-0.4, -0.2) is 53.7 Å². The van der Waals surface area contributed by atoms with Gasteiger partial charge in [0.25, 0.3) is 5.91 Å². The zero-order valence-corrected chi connectivity index (χ0v) is 21.2. The van der Waals surface area contributed by atoms with Gasteiger partial charge >= 0.3 is 5.97 Å². The molecule has 0 bridgehead atoms. The molecule has 0 radical (unpaired) electrons. The van der Waals surface area contributed by atoms with Crippen LogP contribution in [0.25, 0.3) is 10.8 Å². The fourth-order valence-electron chi connectivity index (χ4n) is 6.47. The SMILES string of the molecule is C=CCN1CCC2(c3cccc(O)c3)CC(NC(=O)c3ccc4ccccc4c3)CC(OC(C)=O)C2C1. The molecule has 4 unspecified atom stereocenters. The van der Waals surface area contributed by atoms with Crippen LogP contribution in [0.4, 0.5) is 0 Å². The maximum atomic E-state index is 13.4. The summed E-state index contributed by atoms with van der Waals surface area (Å²) in [5.41, 5.74) is 1.28. The maximum Gasteiger partial charge on any atom is 0.302 e. The van der Waals surface area contributed by atoms with Gasteiger partial charge in [0, 0.05) is 49.4 Å². The summed E-state index contributed by atoms with van der Waals surface area (Å²) < 4.78 is 5.93. The number of carbonyl (C=O) groups is 2. The molecule has 6 heteroatoms. The molecule has 2 aliphatic rings. The molecule has 2 fully saturated rings. The van der Waals surface area contributed by atoms with Crippen molar-refractivity contribution in [1.29, 1.82) is 0 Å². The van der Waals surface area contributed by atoms with Gasteiger partial charge in [0.1, 0.15) is 11.9 Å². The molecular formula is C31H34N2O4. The number of carbonyl (C=O) groups excluding carboxylic acids is 2. The van der Waals surface area contributed by atoms with E-state index in [0.29, 0.717) is 18.4 Å². The van der Waals surface area contributed by atoms with Crippen LogP contribution in [0.5, 0.6) is 5.75 Å². The number of esters is 1. The van der Waals surface area contributed by atoms with Gasteiger partial charge in [-0.3, -0.25) is 14.5 Å². The van der Waals surface area contributed by atoms with E-state index in [0.717, 1.165) is 42.4 Å². The standard InChI is InChI=1S/C31H34N2O4/c1-3-14-33-15-13-31(25-9-6-10-27(35)17-25)19-26(18-29(28(31)20-33)37-21(2)34)32-30(36)24-12-11-22-7-4-5-8-23(22)16-24/h3-12,16-17,26,28-29,35H,1,13-15,18-20H2,2H3,(H,32,36). The first-order valence-corrected chi connectivity index (χ1v) is 13.0. The normalized spacial score (nSPS) is 25.7. The Kier molecular flexibility index (Phi) is 7.02. The summed E-state index contributed by atoms with van der Waals surface area (Å²) in [5.74, 6) is -0.214. The second kappa shape index (κ2) is 10.4. The van der Waals surface area contributed by atoms with E-state index < -0.39 is 0 Å². The van der Waals surface area contributed by atoms with Gasteiger partial charge in [-0.15, -0.1) is 6.58 Å². The molecule has 1 aliphatic heterocycles. The Labute approximate surface area is 217 Å². The summed E-state index contributed by atoms with van der Waals surface area (Å²) in [4.78, 5) is 27.9. The molecule has 1 heterocycles. The van der Waals surface area contributed by atoms with Crippen molar-refractivity contribution in [2.75, 3.05) is 19.6 Å². The number of nitrogens with one attached hydrogen (secondary N) is 1. The summed E-state index contributed by atoms with van der Waals surface area (Å²) in [5, 5.41) is 15.7. The summed E-state index contributed by atoms with van der Waals surface area (Å²) in [6.07, 6.45) is 3.63. The second-order valence-electron chi connectivity index (χ2n) is 10.4. The van der Waals surface area contributed by atoms with Crippen LogP contribution < -0.4 is 5.32 Å². The Hall–Kier alpha value is -3.64. The molecule has 1 saturated carbocycles. The molecule has 37 heavy (non-hydrogen) atoms. The number of likely N-dealkylation sites (tertiary alicyclic amines) is 1. The van der Waals surface area contributed by atoms with E-state index in [-0.39, 0.29) is 41.1 Å². The number of ether oxygens (including phenoxy) is 1. The van der Waals surface area contributed by atoms with Gasteiger partial charge in [-0.25, -0.2) is 0 Å². The van der Waals surface area contributed by atoms with Crippen molar-refractivity contribution < 1.29 is 19.4 Å². The monoisotopic (exact) mass is 498 g/mol. The molecule has 3 aromatic carbocycles. The van der Waals surface area contributed by atoms with E-state index in [4.69, 9.17) is 4.74 Å². The number of amides is 1. The Morgan fingerprint density at radius 3 is 2.70 bits per heavy atom. The Morgan fingerprint density at radius 1 is 1.14 bits per heavy atom. The minimum absolute atomic E-state index is 0.0284. The Morgan fingerprint density at radius 2 is 1.95 bits per heavy atom. The molecule has 192 valence electrons. The molecule has 6 nitrogen and oxygen atoms in total. The average Bonchev–Trinajstić information content (AvgIpc) is 2.88. The first-order chi connectivity index (χ1) is 17.9. The van der Waals surface area contributed by atoms with Crippen molar-refractivity contribution in [3.63, 3.8) is 0 Å². The van der Waals surface area contributed by atoms with Gasteiger partial charge in [0.2, 0.25) is 0 Å². The van der Waals surface area contributed by atoms with Crippen LogP contribution in [0.15, 0.2) is 79.4 Å². The van der Waals surface area contributed by atoms with Crippen molar-refractivity contribution in [3.8, 4) is 5.75 Å². The zero-order valence-electron chi connectivity index (χ0n) is 21.2. The minimum Gasteiger partial charge on any atom is -0.508 e. The number of rotatable bonds is 6. The first-order valence-electron chi connectivity index (χ1n) is 13.0. The molecule has 0 spiro atoms. The number of hydrogen-bond donors (Lipinski definition) is 2. The van der Waals surface area contributed by atoms with Gasteiger partial charge in [-0.1, -0.05) is 48.5 Å². The lowest BCUT2D eigenvalue weighted by molar-refractivity contribution is -0.157. The predicted octanol–water partition coefficient (Wildman–Crippen LogP) is 4.82. The third kappa shape index (κ3) is 5.12. The van der Waals surface area contributed by atoms with Gasteiger partial charge in [0.15, 0.2) is 0 Å². The van der Waals surface area contributed by atoms with Crippen molar-refractivity contribution in [1.82, 2.24) is 10.2 Å². The Bertz CT molecular complexity index is 1320. The summed E-state index contributed by atoms with van der Waals surface area (Å²) in [7, 11) is 0. The number of aromatic hydroxyl groups is 1. The average molecular weight is 499 g/mol. The first kappa shape index (κ1) is 25.0. The van der Waals surface area contributed by atoms with Crippen molar-refractivity contribution in [2.24, 2.45) is 5.92 Å². The zero-order chi connectivity index (χ0) is 26.0. The van der Waals surface area contributed by atoms with E-state index in [9.17, 15) is 14.7 Å². The van der Waals surface area contributed by atoms with E-state index in [2.05, 4.69) is 16.8 Å². The van der Waals surface area contributed by atoms with Crippen molar-refractivity contribution >= 4 is 22.6 Å². The highest BCUT2D eigenvalue weighted by Crippen LogP contribution is 2.50. The number of fused-ring (bicyclic) bond motifs is 2. The number of hydrogen-bond acceptors (Lipinski definition) is 5. The summed E-state index contributed by atoms with van der Waals surface area (Å²) in [6.45, 7) is 7.72. The fourth-order valence-corrected chi connectivity index (χ4v) is 6.47. The van der Waals surface area contributed by atoms with Gasteiger partial charge < -0.3 is 15.2 Å². The van der Waals surface area contributed by atoms with E-state index in [1.165, 1.54) is 6.92 Å². The van der Waals surface area contributed by atoms with Crippen LogP contribution in [0.3, 0.4) is 0 Å². The highest BCUT2D eigenvalue weighted by molar-refractivity contribution is 5.98. The predicted molar refractivity (Wildman–Crippen MR) is 145 cm³/mol. The van der Waals surface area contributed by atoms with Crippen molar-refractivity contribution in [2.45, 2.75) is 43.7 Å². The lowest BCUT2D eigenvalue weighted by Crippen LogP contribution is -2.61. The van der Waals surface area contributed by atoms with E-state index >= 15 is 0 Å². The third-order valence-corrected chi connectivity index (χ3v) is 8.09. The van der Waals surface area contributed by atoms with Crippen LogP contribution in [-0.2, 0) is 14.9 Å². The quantitative estimate of drug-likeness (QED) is 0.377. The molecule has 5 rings (SSSR count). The van der Waals surface area contributed by atoms with Crippen molar-refractivity contribution in [3.05, 3.63) is 90.5 Å². The van der Waals surface area contributed by atoms with Gasteiger partial charge in [0.05, 0.1) is 0 Å². The molecule has 4 atom stereocenters. The minimum atomic E-state index is -0.358. The van der Waals surface area contributed by atoms with Crippen LogP contribution in [0, 0.1) is 5.92 Å². The second-order valence-corrected chi connectivity index (χ2v) is 10.4. The lowest BCUT2D eigenvalue weighted by atomic mass is 9.57. The fraction of sp³-hybridized carbons (Fsp3) is 0.355. The number of piperidine rings is 1. The number of phenols is 1. The Balaban J connectivity index is 1.48. The molecule has 3 aromatic rings. The number of phenolic OH excluding ortho intramolecular Hbond substituents is 1. The number of nitrogens with zero attached hydrogens (tertiary/aromatic N) is 1. The molecule has 2 N–H and O–H groups in total. The van der Waals surface area contributed by atoms with Crippen LogP contribution >= 0.6 is 0 Å². The largest absolute Gasteiger partial charge is 0.508 e. The molecular weight excluding hydrogens is 464 g/mol. The van der Waals surface area contributed by atoms with Crippen LogP contribution in [0.2, 0.25) is 0 Å². The van der Waals surface area contributed by atoms with Gasteiger partial charge in [-0.05, 0) is 60.0 Å². The molecule has 1 amide bonds. The summed E-state index contributed by atoms with van der Waals surface area (Å²) >= 11 is 0. The number of benzene rings is 3. The smallest absolute Gasteiger partial charge is 0.302 e. The van der Waals surface area contributed by atoms with E-state index in [1.807, 2.05) is 66.7 Å². The highest BCUT2D eigenvalue weighted by Gasteiger charge is 2.53. The van der Waals surface area contributed by atoms with Gasteiger partial charge in [-0.2, -0.15) is 0 Å². The molecule has 1 aliphatic carbocycles. The van der Waals surface area contributed by atoms with E-state index in [1.54, 1.807) is 6.07 Å². The highest BCUT2D eigenvalue weighted by atomic mass is 16.5. The molecule has 0 aromatic heterocycles. The maximum absolute atomic E-state index is 13.4.